The number of aromatic nitrogens is 2. The van der Waals surface area contributed by atoms with Crippen molar-refractivity contribution in [3.05, 3.63) is 47.5 Å². The number of likely N-dealkylation sites (tertiary alicyclic amines) is 1. The largest absolute Gasteiger partial charge is 0.491 e. The molecule has 0 radical (unpaired) electrons. The van der Waals surface area contributed by atoms with Crippen LogP contribution in [0.15, 0.2) is 30.6 Å². The summed E-state index contributed by atoms with van der Waals surface area (Å²) in [6.45, 7) is 3.20. The molecule has 3 rings (SSSR count). The van der Waals surface area contributed by atoms with Gasteiger partial charge < -0.3 is 15.0 Å². The summed E-state index contributed by atoms with van der Waals surface area (Å²) in [7, 11) is 0. The van der Waals surface area contributed by atoms with Gasteiger partial charge in [-0.2, -0.15) is 5.10 Å². The zero-order chi connectivity index (χ0) is 17.6. The quantitative estimate of drug-likeness (QED) is 0.872. The molecule has 6 nitrogen and oxygen atoms in total. The SMILES string of the molecule is CCOc1ccc(CNC(=O)N2CCCC[C@@H]2c2cn[nH]c2)cc1F. The van der Waals surface area contributed by atoms with Gasteiger partial charge in [0.2, 0.25) is 0 Å². The molecule has 1 aliphatic rings. The van der Waals surface area contributed by atoms with Crippen LogP contribution in [-0.4, -0.2) is 34.3 Å². The highest BCUT2D eigenvalue weighted by Gasteiger charge is 2.28. The fraction of sp³-hybridized carbons (Fsp3) is 0.444. The summed E-state index contributed by atoms with van der Waals surface area (Å²) in [6.07, 6.45) is 6.59. The Morgan fingerprint density at radius 2 is 2.36 bits per heavy atom. The minimum absolute atomic E-state index is 0.0320. The molecule has 1 atom stereocenters. The Hall–Kier alpha value is -2.57. The molecule has 25 heavy (non-hydrogen) atoms. The number of piperidine rings is 1. The molecule has 134 valence electrons. The van der Waals surface area contributed by atoms with E-state index in [1.54, 1.807) is 18.3 Å². The molecule has 0 unspecified atom stereocenters. The number of nitrogens with one attached hydrogen (secondary N) is 2. The molecule has 1 fully saturated rings. The first-order valence-electron chi connectivity index (χ1n) is 8.63. The summed E-state index contributed by atoms with van der Waals surface area (Å²) in [4.78, 5) is 14.4. The highest BCUT2D eigenvalue weighted by Crippen LogP contribution is 2.30. The smallest absolute Gasteiger partial charge is 0.318 e. The molecule has 0 aliphatic carbocycles. The number of H-pyrrole nitrogens is 1. The number of carbonyl (C=O) groups excluding carboxylic acids is 1. The Kier molecular flexibility index (Phi) is 5.53. The summed E-state index contributed by atoms with van der Waals surface area (Å²) >= 11 is 0. The second kappa shape index (κ2) is 8.00. The maximum Gasteiger partial charge on any atom is 0.318 e. The van der Waals surface area contributed by atoms with E-state index in [0.717, 1.165) is 24.8 Å². The molecule has 1 aromatic carbocycles. The van der Waals surface area contributed by atoms with Gasteiger partial charge in [-0.3, -0.25) is 5.10 Å². The highest BCUT2D eigenvalue weighted by atomic mass is 19.1. The fourth-order valence-corrected chi connectivity index (χ4v) is 3.17. The summed E-state index contributed by atoms with van der Waals surface area (Å²) in [6, 6.07) is 4.65. The molecule has 1 saturated heterocycles. The van der Waals surface area contributed by atoms with Crippen molar-refractivity contribution >= 4 is 6.03 Å². The molecule has 0 spiro atoms. The zero-order valence-corrected chi connectivity index (χ0v) is 14.3. The first kappa shape index (κ1) is 17.3. The van der Waals surface area contributed by atoms with E-state index >= 15 is 0 Å². The standard InChI is InChI=1S/C18H23FN4O2/c1-2-25-17-7-6-13(9-15(17)19)10-20-18(24)23-8-4-3-5-16(23)14-11-21-22-12-14/h6-7,9,11-12,16H,2-5,8,10H2,1H3,(H,20,24)(H,21,22)/t16-/m1/s1. The number of urea groups is 1. The van der Waals surface area contributed by atoms with Gasteiger partial charge in [0.1, 0.15) is 0 Å². The van der Waals surface area contributed by atoms with E-state index in [9.17, 15) is 9.18 Å². The van der Waals surface area contributed by atoms with Crippen molar-refractivity contribution in [2.45, 2.75) is 38.8 Å². The minimum Gasteiger partial charge on any atom is -0.491 e. The monoisotopic (exact) mass is 346 g/mol. The number of carbonyl (C=O) groups is 1. The van der Waals surface area contributed by atoms with E-state index in [4.69, 9.17) is 4.74 Å². The zero-order valence-electron chi connectivity index (χ0n) is 14.3. The maximum atomic E-state index is 13.9. The van der Waals surface area contributed by atoms with Crippen LogP contribution in [0.5, 0.6) is 5.75 Å². The molecule has 0 bridgehead atoms. The Bertz CT molecular complexity index is 705. The second-order valence-corrected chi connectivity index (χ2v) is 6.09. The molecular weight excluding hydrogens is 323 g/mol. The van der Waals surface area contributed by atoms with Crippen LogP contribution < -0.4 is 10.1 Å². The van der Waals surface area contributed by atoms with Crippen molar-refractivity contribution in [1.29, 1.82) is 0 Å². The van der Waals surface area contributed by atoms with E-state index in [1.807, 2.05) is 18.0 Å². The molecular formula is C18H23FN4O2. The van der Waals surface area contributed by atoms with Gasteiger partial charge in [-0.05, 0) is 43.9 Å². The molecule has 7 heteroatoms. The van der Waals surface area contributed by atoms with Gasteiger partial charge in [-0.15, -0.1) is 0 Å². The average Bonchev–Trinajstić information content (AvgIpc) is 3.16. The molecule has 0 saturated carbocycles. The van der Waals surface area contributed by atoms with Crippen molar-refractivity contribution in [2.24, 2.45) is 0 Å². The van der Waals surface area contributed by atoms with Crippen molar-refractivity contribution in [2.75, 3.05) is 13.2 Å². The number of amides is 2. The van der Waals surface area contributed by atoms with E-state index in [0.29, 0.717) is 18.7 Å². The second-order valence-electron chi connectivity index (χ2n) is 6.09. The molecule has 2 N–H and O–H groups in total. The van der Waals surface area contributed by atoms with Crippen LogP contribution in [0.25, 0.3) is 0 Å². The van der Waals surface area contributed by atoms with Crippen molar-refractivity contribution < 1.29 is 13.9 Å². The van der Waals surface area contributed by atoms with Crippen LogP contribution in [-0.2, 0) is 6.54 Å². The maximum absolute atomic E-state index is 13.9. The molecule has 2 aromatic rings. The van der Waals surface area contributed by atoms with Crippen molar-refractivity contribution in [1.82, 2.24) is 20.4 Å². The van der Waals surface area contributed by atoms with Gasteiger partial charge in [0.25, 0.3) is 0 Å². The van der Waals surface area contributed by atoms with Crippen LogP contribution in [0.3, 0.4) is 0 Å². The Morgan fingerprint density at radius 1 is 1.48 bits per heavy atom. The fourth-order valence-electron chi connectivity index (χ4n) is 3.17. The third-order valence-electron chi connectivity index (χ3n) is 4.41. The van der Waals surface area contributed by atoms with Crippen molar-refractivity contribution in [3.63, 3.8) is 0 Å². The van der Waals surface area contributed by atoms with E-state index in [1.165, 1.54) is 6.07 Å². The van der Waals surface area contributed by atoms with Gasteiger partial charge >= 0.3 is 6.03 Å². The molecule has 2 heterocycles. The lowest BCUT2D eigenvalue weighted by Gasteiger charge is -2.35. The summed E-state index contributed by atoms with van der Waals surface area (Å²) in [5.74, 6) is -0.184. The van der Waals surface area contributed by atoms with Crippen LogP contribution in [0.4, 0.5) is 9.18 Å². The van der Waals surface area contributed by atoms with Crippen molar-refractivity contribution in [3.8, 4) is 5.75 Å². The minimum atomic E-state index is -0.414. The van der Waals surface area contributed by atoms with E-state index < -0.39 is 5.82 Å². The van der Waals surface area contributed by atoms with Crippen LogP contribution in [0, 0.1) is 5.82 Å². The van der Waals surface area contributed by atoms with E-state index in [2.05, 4.69) is 15.5 Å². The van der Waals surface area contributed by atoms with Gasteiger partial charge in [-0.1, -0.05) is 6.07 Å². The van der Waals surface area contributed by atoms with Gasteiger partial charge in [0.15, 0.2) is 11.6 Å². The Morgan fingerprint density at radius 3 is 3.08 bits per heavy atom. The summed E-state index contributed by atoms with van der Waals surface area (Å²) in [5.41, 5.74) is 1.72. The number of ether oxygens (including phenoxy) is 1. The first-order chi connectivity index (χ1) is 12.2. The number of hydrogen-bond donors (Lipinski definition) is 2. The molecule has 2 amide bonds. The lowest BCUT2D eigenvalue weighted by molar-refractivity contribution is 0.151. The number of aromatic amines is 1. The topological polar surface area (TPSA) is 70.2 Å². The van der Waals surface area contributed by atoms with Gasteiger partial charge in [0, 0.05) is 24.8 Å². The predicted octanol–water partition coefficient (Wildman–Crippen LogP) is 3.38. The lowest BCUT2D eigenvalue weighted by atomic mass is 9.98. The van der Waals surface area contributed by atoms with Gasteiger partial charge in [-0.25, -0.2) is 9.18 Å². The third-order valence-corrected chi connectivity index (χ3v) is 4.41. The van der Waals surface area contributed by atoms with Crippen LogP contribution in [0.1, 0.15) is 43.4 Å². The number of nitrogens with zero attached hydrogens (tertiary/aromatic N) is 2. The summed E-state index contributed by atoms with van der Waals surface area (Å²) < 4.78 is 19.1. The number of hydrogen-bond acceptors (Lipinski definition) is 3. The first-order valence-corrected chi connectivity index (χ1v) is 8.63. The summed E-state index contributed by atoms with van der Waals surface area (Å²) in [5, 5.41) is 9.67. The Labute approximate surface area is 146 Å². The van der Waals surface area contributed by atoms with E-state index in [-0.39, 0.29) is 24.4 Å². The Balaban J connectivity index is 1.62. The number of halogens is 1. The number of rotatable bonds is 5. The molecule has 1 aliphatic heterocycles. The normalized spacial score (nSPS) is 17.4. The third kappa shape index (κ3) is 4.10. The lowest BCUT2D eigenvalue weighted by Crippen LogP contribution is -2.44. The average molecular weight is 346 g/mol. The molecule has 1 aromatic heterocycles. The van der Waals surface area contributed by atoms with Gasteiger partial charge in [0.05, 0.1) is 18.8 Å². The van der Waals surface area contributed by atoms with Crippen LogP contribution >= 0.6 is 0 Å². The highest BCUT2D eigenvalue weighted by molar-refractivity contribution is 5.74. The van der Waals surface area contributed by atoms with Crippen LogP contribution in [0.2, 0.25) is 0 Å². The predicted molar refractivity (Wildman–Crippen MR) is 91.7 cm³/mol. The number of benzene rings is 1.